The summed E-state index contributed by atoms with van der Waals surface area (Å²) in [7, 11) is 0. The summed E-state index contributed by atoms with van der Waals surface area (Å²) in [6, 6.07) is 0. The van der Waals surface area contributed by atoms with E-state index in [0.29, 0.717) is 6.54 Å². The summed E-state index contributed by atoms with van der Waals surface area (Å²) < 4.78 is 18.7. The van der Waals surface area contributed by atoms with E-state index in [1.54, 1.807) is 0 Å². The van der Waals surface area contributed by atoms with Crippen LogP contribution in [-0.2, 0) is 11.1 Å². The fourth-order valence-corrected chi connectivity index (χ4v) is 1.31. The maximum Gasteiger partial charge on any atom is 0.158 e. The van der Waals surface area contributed by atoms with E-state index >= 15 is 0 Å². The minimum absolute atomic E-state index is 0.0360. The normalized spacial score (nSPS) is 15.9. The van der Waals surface area contributed by atoms with Gasteiger partial charge in [0.1, 0.15) is 0 Å². The highest BCUT2D eigenvalue weighted by molar-refractivity contribution is 7.80. The monoisotopic (exact) mass is 178 g/mol. The van der Waals surface area contributed by atoms with Crippen molar-refractivity contribution in [1.82, 2.24) is 0 Å². The molecule has 4 N–H and O–H groups in total. The van der Waals surface area contributed by atoms with Gasteiger partial charge in [-0.05, 0) is 6.42 Å². The molecule has 5 heteroatoms. The summed E-state index contributed by atoms with van der Waals surface area (Å²) in [6.45, 7) is 2.29. The van der Waals surface area contributed by atoms with Crippen LogP contribution in [-0.4, -0.2) is 26.8 Å². The van der Waals surface area contributed by atoms with Crippen molar-refractivity contribution in [1.29, 1.82) is 5.41 Å². The van der Waals surface area contributed by atoms with E-state index in [2.05, 4.69) is 0 Å². The topological polar surface area (TPSA) is 87.2 Å². The molecule has 0 aliphatic rings. The summed E-state index contributed by atoms with van der Waals surface area (Å²) in [6.07, 6.45) is 0.756. The first-order valence-corrected chi connectivity index (χ1v) is 4.74. The van der Waals surface area contributed by atoms with Crippen molar-refractivity contribution < 1.29 is 8.76 Å². The van der Waals surface area contributed by atoms with Gasteiger partial charge in [-0.15, -0.1) is 0 Å². The van der Waals surface area contributed by atoms with E-state index in [0.717, 1.165) is 6.42 Å². The van der Waals surface area contributed by atoms with Gasteiger partial charge in [-0.1, -0.05) is 6.92 Å². The molecule has 0 saturated heterocycles. The van der Waals surface area contributed by atoms with Gasteiger partial charge in [-0.25, -0.2) is 4.21 Å². The summed E-state index contributed by atoms with van der Waals surface area (Å²) >= 11 is -1.90. The summed E-state index contributed by atoms with van der Waals surface area (Å²) in [5.74, 6) is -0.110. The van der Waals surface area contributed by atoms with Gasteiger partial charge in [-0.2, -0.15) is 0 Å². The van der Waals surface area contributed by atoms with E-state index in [9.17, 15) is 4.21 Å². The first-order chi connectivity index (χ1) is 5.11. The van der Waals surface area contributed by atoms with Gasteiger partial charge in [0.25, 0.3) is 0 Å². The van der Waals surface area contributed by atoms with E-state index < -0.39 is 11.1 Å². The lowest BCUT2D eigenvalue weighted by molar-refractivity contribution is 0.566. The zero-order chi connectivity index (χ0) is 8.85. The number of hydrogen-bond acceptors (Lipinski definition) is 3. The van der Waals surface area contributed by atoms with Gasteiger partial charge in [0.2, 0.25) is 0 Å². The molecule has 66 valence electrons. The average molecular weight is 178 g/mol. The van der Waals surface area contributed by atoms with Gasteiger partial charge in [0.05, 0.1) is 5.75 Å². The van der Waals surface area contributed by atoms with Crippen molar-refractivity contribution >= 4 is 16.8 Å². The number of nitrogens with one attached hydrogen (secondary N) is 1. The van der Waals surface area contributed by atoms with Crippen LogP contribution in [0, 0.1) is 11.3 Å². The Bertz CT molecular complexity index is 157. The van der Waals surface area contributed by atoms with E-state index in [-0.39, 0.29) is 17.4 Å². The molecule has 0 aliphatic carbocycles. The molecular weight excluding hydrogens is 164 g/mol. The van der Waals surface area contributed by atoms with Crippen molar-refractivity contribution in [3.05, 3.63) is 0 Å². The molecule has 0 spiro atoms. The Balaban J connectivity index is 3.89. The third kappa shape index (κ3) is 4.23. The van der Waals surface area contributed by atoms with Crippen LogP contribution in [0.25, 0.3) is 0 Å². The second-order valence-corrected chi connectivity index (χ2v) is 3.26. The Labute approximate surface area is 69.0 Å². The molecule has 0 aliphatic heterocycles. The molecule has 0 aromatic rings. The van der Waals surface area contributed by atoms with E-state index in [4.69, 9.17) is 15.7 Å². The molecule has 2 unspecified atom stereocenters. The lowest BCUT2D eigenvalue weighted by atomic mass is 10.0. The SMILES string of the molecule is CCC(CN)C(=N)CS(=O)O. The van der Waals surface area contributed by atoms with E-state index in [1.165, 1.54) is 0 Å². The van der Waals surface area contributed by atoms with Crippen LogP contribution >= 0.6 is 0 Å². The third-order valence-electron chi connectivity index (χ3n) is 1.55. The molecule has 2 atom stereocenters. The number of hydrogen-bond donors (Lipinski definition) is 3. The maximum absolute atomic E-state index is 10.3. The minimum atomic E-state index is -1.90. The largest absolute Gasteiger partial charge is 0.330 e. The van der Waals surface area contributed by atoms with Crippen LogP contribution in [0.3, 0.4) is 0 Å². The van der Waals surface area contributed by atoms with Gasteiger partial charge < -0.3 is 15.7 Å². The van der Waals surface area contributed by atoms with Crippen LogP contribution in [0.5, 0.6) is 0 Å². The first-order valence-electron chi connectivity index (χ1n) is 3.46. The summed E-state index contributed by atoms with van der Waals surface area (Å²) in [5, 5.41) is 7.34. The Morgan fingerprint density at radius 2 is 2.36 bits per heavy atom. The predicted octanol–water partition coefficient (Wildman–Crippen LogP) is 0.213. The van der Waals surface area contributed by atoms with Crippen LogP contribution in [0.15, 0.2) is 0 Å². The van der Waals surface area contributed by atoms with Gasteiger partial charge in [-0.3, -0.25) is 0 Å². The fourth-order valence-electron chi connectivity index (χ4n) is 0.806. The number of rotatable bonds is 5. The zero-order valence-electron chi connectivity index (χ0n) is 6.54. The Kier molecular flexibility index (Phi) is 5.27. The molecule has 0 bridgehead atoms. The molecule has 4 nitrogen and oxygen atoms in total. The van der Waals surface area contributed by atoms with Crippen LogP contribution in [0.2, 0.25) is 0 Å². The smallest absolute Gasteiger partial charge is 0.158 e. The molecule has 0 aromatic carbocycles. The second kappa shape index (κ2) is 5.40. The Hall–Kier alpha value is -0.260. The highest BCUT2D eigenvalue weighted by atomic mass is 32.2. The molecule has 0 amide bonds. The van der Waals surface area contributed by atoms with Crippen LogP contribution in [0.1, 0.15) is 13.3 Å². The number of nitrogens with two attached hydrogens (primary N) is 1. The Morgan fingerprint density at radius 1 is 1.82 bits per heavy atom. The van der Waals surface area contributed by atoms with Crippen molar-refractivity contribution in [2.24, 2.45) is 11.7 Å². The predicted molar refractivity (Wildman–Crippen MR) is 46.2 cm³/mol. The third-order valence-corrected chi connectivity index (χ3v) is 2.11. The van der Waals surface area contributed by atoms with Crippen LogP contribution in [0.4, 0.5) is 0 Å². The quantitative estimate of drug-likeness (QED) is 0.415. The molecular formula is C6H14N2O2S. The highest BCUT2D eigenvalue weighted by Crippen LogP contribution is 2.02. The second-order valence-electron chi connectivity index (χ2n) is 2.33. The first kappa shape index (κ1) is 10.7. The maximum atomic E-state index is 10.3. The molecule has 0 saturated carbocycles. The van der Waals surface area contributed by atoms with Gasteiger partial charge in [0.15, 0.2) is 11.1 Å². The highest BCUT2D eigenvalue weighted by Gasteiger charge is 2.11. The van der Waals surface area contributed by atoms with Gasteiger partial charge in [0, 0.05) is 18.2 Å². The average Bonchev–Trinajstić information content (AvgIpc) is 1.88. The van der Waals surface area contributed by atoms with E-state index in [1.807, 2.05) is 6.92 Å². The molecule has 0 radical (unpaired) electrons. The lowest BCUT2D eigenvalue weighted by Gasteiger charge is -2.11. The van der Waals surface area contributed by atoms with Crippen molar-refractivity contribution in [3.63, 3.8) is 0 Å². The Morgan fingerprint density at radius 3 is 2.64 bits per heavy atom. The molecule has 0 heterocycles. The fraction of sp³-hybridized carbons (Fsp3) is 0.833. The van der Waals surface area contributed by atoms with Crippen molar-refractivity contribution in [3.8, 4) is 0 Å². The summed E-state index contributed by atoms with van der Waals surface area (Å²) in [5.41, 5.74) is 5.61. The molecule has 11 heavy (non-hydrogen) atoms. The van der Waals surface area contributed by atoms with Crippen molar-refractivity contribution in [2.75, 3.05) is 12.3 Å². The lowest BCUT2D eigenvalue weighted by Crippen LogP contribution is -2.26. The molecule has 0 aromatic heterocycles. The summed E-state index contributed by atoms with van der Waals surface area (Å²) in [4.78, 5) is 0. The minimum Gasteiger partial charge on any atom is -0.330 e. The van der Waals surface area contributed by atoms with Gasteiger partial charge >= 0.3 is 0 Å². The van der Waals surface area contributed by atoms with Crippen molar-refractivity contribution in [2.45, 2.75) is 13.3 Å². The molecule has 0 rings (SSSR count). The van der Waals surface area contributed by atoms with Crippen LogP contribution < -0.4 is 5.73 Å². The zero-order valence-corrected chi connectivity index (χ0v) is 7.36. The standard InChI is InChI=1S/C6H14N2O2S/c1-2-5(3-7)6(8)4-11(9)10/h5,8H,2-4,7H2,1H3,(H,9,10). The molecule has 0 fully saturated rings.